The van der Waals surface area contributed by atoms with Gasteiger partial charge in [-0.05, 0) is 35.7 Å². The Kier molecular flexibility index (Phi) is 5.48. The number of methoxy groups -OCH3 is 1. The molecule has 0 amide bonds. The first kappa shape index (κ1) is 18.6. The third kappa shape index (κ3) is 4.25. The van der Waals surface area contributed by atoms with Crippen LogP contribution in [-0.2, 0) is 11.3 Å². The molecule has 4 rings (SSSR count). The normalized spacial score (nSPS) is 10.5. The van der Waals surface area contributed by atoms with Gasteiger partial charge in [0, 0.05) is 17.1 Å². The molecule has 4 aromatic rings. The maximum absolute atomic E-state index is 12.6. The van der Waals surface area contributed by atoms with Crippen LogP contribution in [0.3, 0.4) is 0 Å². The van der Waals surface area contributed by atoms with E-state index in [0.29, 0.717) is 23.1 Å². The van der Waals surface area contributed by atoms with Crippen LogP contribution >= 0.6 is 11.3 Å². The number of para-hydroxylation sites is 2. The molecule has 1 aromatic carbocycles. The SMILES string of the molecule is COc1ccccc1Nc1ncccc1C(=O)OCc1nc(-c2ccsc2)no1. The predicted molar refractivity (Wildman–Crippen MR) is 107 cm³/mol. The lowest BCUT2D eigenvalue weighted by Gasteiger charge is -2.12. The molecule has 0 saturated heterocycles. The van der Waals surface area contributed by atoms with Crippen molar-refractivity contribution >= 4 is 28.8 Å². The zero-order chi connectivity index (χ0) is 20.1. The van der Waals surface area contributed by atoms with E-state index < -0.39 is 5.97 Å². The lowest BCUT2D eigenvalue weighted by Crippen LogP contribution is -2.10. The Labute approximate surface area is 170 Å². The number of anilines is 2. The largest absolute Gasteiger partial charge is 0.495 e. The summed E-state index contributed by atoms with van der Waals surface area (Å²) in [4.78, 5) is 21.1. The van der Waals surface area contributed by atoms with Gasteiger partial charge in [0.05, 0.1) is 12.8 Å². The van der Waals surface area contributed by atoms with Gasteiger partial charge in [0.2, 0.25) is 5.82 Å². The summed E-state index contributed by atoms with van der Waals surface area (Å²) in [6.45, 7) is -0.140. The molecule has 0 bridgehead atoms. The van der Waals surface area contributed by atoms with Crippen molar-refractivity contribution in [3.05, 3.63) is 70.9 Å². The first-order chi connectivity index (χ1) is 14.2. The van der Waals surface area contributed by atoms with Crippen LogP contribution in [0.1, 0.15) is 16.2 Å². The highest BCUT2D eigenvalue weighted by atomic mass is 32.1. The predicted octanol–water partition coefficient (Wildman–Crippen LogP) is 4.30. The van der Waals surface area contributed by atoms with E-state index in [1.54, 1.807) is 25.4 Å². The summed E-state index contributed by atoms with van der Waals surface area (Å²) in [6.07, 6.45) is 1.58. The third-order valence-corrected chi connectivity index (χ3v) is 4.65. The van der Waals surface area contributed by atoms with Crippen LogP contribution in [0, 0.1) is 0 Å². The van der Waals surface area contributed by atoms with E-state index in [-0.39, 0.29) is 18.1 Å². The van der Waals surface area contributed by atoms with Crippen LogP contribution < -0.4 is 10.1 Å². The van der Waals surface area contributed by atoms with E-state index in [9.17, 15) is 4.79 Å². The molecule has 3 aromatic heterocycles. The van der Waals surface area contributed by atoms with Gasteiger partial charge in [-0.15, -0.1) is 0 Å². The van der Waals surface area contributed by atoms with Gasteiger partial charge in [0.15, 0.2) is 6.61 Å². The number of pyridine rings is 1. The summed E-state index contributed by atoms with van der Waals surface area (Å²) >= 11 is 1.53. The van der Waals surface area contributed by atoms with Crippen LogP contribution in [0.15, 0.2) is 63.9 Å². The van der Waals surface area contributed by atoms with Crippen molar-refractivity contribution in [3.63, 3.8) is 0 Å². The number of benzene rings is 1. The van der Waals surface area contributed by atoms with Gasteiger partial charge in [-0.1, -0.05) is 17.3 Å². The maximum Gasteiger partial charge on any atom is 0.342 e. The molecule has 0 aliphatic rings. The molecule has 0 aliphatic heterocycles. The Hall–Kier alpha value is -3.72. The number of carbonyl (C=O) groups is 1. The number of nitrogens with zero attached hydrogens (tertiary/aromatic N) is 3. The van der Waals surface area contributed by atoms with Gasteiger partial charge < -0.3 is 19.3 Å². The van der Waals surface area contributed by atoms with Crippen molar-refractivity contribution in [2.45, 2.75) is 6.61 Å². The smallest absolute Gasteiger partial charge is 0.342 e. The Morgan fingerprint density at radius 3 is 2.93 bits per heavy atom. The first-order valence-corrected chi connectivity index (χ1v) is 9.56. The van der Waals surface area contributed by atoms with Crippen molar-refractivity contribution < 1.29 is 18.8 Å². The standard InChI is InChI=1S/C20H16N4O4S/c1-26-16-7-3-2-6-15(16)22-19-14(5-4-9-21-19)20(25)27-11-17-23-18(24-28-17)13-8-10-29-12-13/h2-10,12H,11H2,1H3,(H,21,22). The maximum atomic E-state index is 12.6. The van der Waals surface area contributed by atoms with Gasteiger partial charge in [0.1, 0.15) is 17.1 Å². The molecule has 9 heteroatoms. The lowest BCUT2D eigenvalue weighted by molar-refractivity contribution is 0.0430. The van der Waals surface area contributed by atoms with Crippen molar-refractivity contribution in [1.82, 2.24) is 15.1 Å². The minimum Gasteiger partial charge on any atom is -0.495 e. The molecule has 0 aliphatic carbocycles. The zero-order valence-corrected chi connectivity index (χ0v) is 16.2. The van der Waals surface area contributed by atoms with E-state index in [4.69, 9.17) is 14.0 Å². The van der Waals surface area contributed by atoms with E-state index in [0.717, 1.165) is 5.56 Å². The summed E-state index contributed by atoms with van der Waals surface area (Å²) in [5, 5.41) is 10.8. The summed E-state index contributed by atoms with van der Waals surface area (Å²) < 4.78 is 15.8. The topological polar surface area (TPSA) is 99.4 Å². The minimum atomic E-state index is -0.564. The first-order valence-electron chi connectivity index (χ1n) is 8.62. The molecule has 0 fully saturated rings. The number of ether oxygens (including phenoxy) is 2. The molecule has 0 atom stereocenters. The van der Waals surface area contributed by atoms with Crippen LogP contribution in [0.25, 0.3) is 11.4 Å². The third-order valence-electron chi connectivity index (χ3n) is 3.96. The number of aromatic nitrogens is 3. The Morgan fingerprint density at radius 1 is 1.21 bits per heavy atom. The zero-order valence-electron chi connectivity index (χ0n) is 15.4. The summed E-state index contributed by atoms with van der Waals surface area (Å²) in [5.41, 5.74) is 1.81. The van der Waals surface area contributed by atoms with E-state index in [1.165, 1.54) is 11.3 Å². The van der Waals surface area contributed by atoms with Crippen LogP contribution in [0.5, 0.6) is 5.75 Å². The van der Waals surface area contributed by atoms with Crippen LogP contribution in [0.4, 0.5) is 11.5 Å². The Bertz CT molecular complexity index is 1110. The van der Waals surface area contributed by atoms with Gasteiger partial charge in [-0.25, -0.2) is 9.78 Å². The molecule has 0 spiro atoms. The molecular formula is C20H16N4O4S. The monoisotopic (exact) mass is 408 g/mol. The second-order valence-corrected chi connectivity index (χ2v) is 6.60. The molecule has 8 nitrogen and oxygen atoms in total. The molecule has 0 saturated carbocycles. The van der Waals surface area contributed by atoms with Gasteiger partial charge in [-0.3, -0.25) is 0 Å². The van der Waals surface area contributed by atoms with Gasteiger partial charge in [0.25, 0.3) is 5.89 Å². The van der Waals surface area contributed by atoms with Crippen LogP contribution in [0.2, 0.25) is 0 Å². The van der Waals surface area contributed by atoms with Crippen molar-refractivity contribution in [3.8, 4) is 17.1 Å². The molecule has 0 unspecified atom stereocenters. The number of nitrogens with one attached hydrogen (secondary N) is 1. The average Bonchev–Trinajstić information content (AvgIpc) is 3.45. The van der Waals surface area contributed by atoms with E-state index >= 15 is 0 Å². The van der Waals surface area contributed by atoms with Crippen molar-refractivity contribution in [2.75, 3.05) is 12.4 Å². The Balaban J connectivity index is 1.47. The number of carbonyl (C=O) groups excluding carboxylic acids is 1. The fourth-order valence-corrected chi connectivity index (χ4v) is 3.21. The molecule has 0 radical (unpaired) electrons. The van der Waals surface area contributed by atoms with E-state index in [1.807, 2.05) is 41.1 Å². The fraction of sp³-hybridized carbons (Fsp3) is 0.100. The average molecular weight is 408 g/mol. The molecule has 3 heterocycles. The molecule has 146 valence electrons. The molecule has 29 heavy (non-hydrogen) atoms. The van der Waals surface area contributed by atoms with Gasteiger partial charge >= 0.3 is 5.97 Å². The second-order valence-electron chi connectivity index (χ2n) is 5.82. The summed E-state index contributed by atoms with van der Waals surface area (Å²) in [7, 11) is 1.57. The van der Waals surface area contributed by atoms with Crippen molar-refractivity contribution in [2.24, 2.45) is 0 Å². The highest BCUT2D eigenvalue weighted by molar-refractivity contribution is 7.08. The number of esters is 1. The molecule has 1 N–H and O–H groups in total. The van der Waals surface area contributed by atoms with Crippen molar-refractivity contribution in [1.29, 1.82) is 0 Å². The van der Waals surface area contributed by atoms with Crippen LogP contribution in [-0.4, -0.2) is 28.2 Å². The second kappa shape index (κ2) is 8.53. The highest BCUT2D eigenvalue weighted by Gasteiger charge is 2.17. The van der Waals surface area contributed by atoms with Gasteiger partial charge in [-0.2, -0.15) is 16.3 Å². The minimum absolute atomic E-state index is 0.140. The molecular weight excluding hydrogens is 392 g/mol. The summed E-state index contributed by atoms with van der Waals surface area (Å²) in [6, 6.07) is 12.5. The van der Waals surface area contributed by atoms with E-state index in [2.05, 4.69) is 20.4 Å². The number of thiophene rings is 1. The fourth-order valence-electron chi connectivity index (χ4n) is 2.57. The number of rotatable bonds is 7. The number of hydrogen-bond acceptors (Lipinski definition) is 9. The lowest BCUT2D eigenvalue weighted by atomic mass is 10.2. The Morgan fingerprint density at radius 2 is 2.10 bits per heavy atom. The number of hydrogen-bond donors (Lipinski definition) is 1. The summed E-state index contributed by atoms with van der Waals surface area (Å²) in [5.74, 6) is 1.08. The quantitative estimate of drug-likeness (QED) is 0.452. The highest BCUT2D eigenvalue weighted by Crippen LogP contribution is 2.28.